The van der Waals surface area contributed by atoms with E-state index in [2.05, 4.69) is 51.0 Å². The minimum absolute atomic E-state index is 0.843. The van der Waals surface area contributed by atoms with Crippen LogP contribution in [0.1, 0.15) is 12.5 Å². The fraction of sp³-hybridized carbons (Fsp3) is 0.273. The van der Waals surface area contributed by atoms with E-state index in [1.54, 1.807) is 0 Å². The first-order valence-corrected chi connectivity index (χ1v) is 6.22. The Hall–Kier alpha value is -0.950. The number of halogens is 1. The third-order valence-corrected chi connectivity index (χ3v) is 2.73. The van der Waals surface area contributed by atoms with E-state index in [-0.39, 0.29) is 0 Å². The van der Waals surface area contributed by atoms with Gasteiger partial charge in [0.25, 0.3) is 0 Å². The van der Waals surface area contributed by atoms with Crippen LogP contribution in [0.25, 0.3) is 5.69 Å². The lowest BCUT2D eigenvalue weighted by molar-refractivity contribution is 0.722. The fourth-order valence-corrected chi connectivity index (χ4v) is 1.80. The molecule has 0 saturated carbocycles. The average molecular weight is 328 g/mol. The molecule has 0 atom stereocenters. The lowest BCUT2D eigenvalue weighted by atomic mass is 10.2. The van der Waals surface area contributed by atoms with E-state index in [4.69, 9.17) is 0 Å². The molecule has 0 amide bonds. The zero-order valence-electron chi connectivity index (χ0n) is 9.02. The first kappa shape index (κ1) is 11.5. The maximum atomic E-state index is 4.26. The summed E-state index contributed by atoms with van der Waals surface area (Å²) < 4.78 is 2.96. The summed E-state index contributed by atoms with van der Waals surface area (Å²) >= 11 is 2.24. The first-order chi connectivity index (χ1) is 7.79. The Morgan fingerprint density at radius 2 is 2.25 bits per heavy atom. The van der Waals surface area contributed by atoms with Crippen molar-refractivity contribution in [1.82, 2.24) is 20.1 Å². The molecule has 2 aromatic rings. The largest absolute Gasteiger partial charge is 0.313 e. The highest BCUT2D eigenvalue weighted by atomic mass is 127. The van der Waals surface area contributed by atoms with Gasteiger partial charge in [-0.1, -0.05) is 6.92 Å². The van der Waals surface area contributed by atoms with Crippen molar-refractivity contribution < 1.29 is 0 Å². The van der Waals surface area contributed by atoms with Crippen molar-refractivity contribution in [3.63, 3.8) is 0 Å². The fourth-order valence-electron chi connectivity index (χ4n) is 1.41. The summed E-state index contributed by atoms with van der Waals surface area (Å²) in [6.45, 7) is 3.90. The third-order valence-electron chi connectivity index (χ3n) is 2.18. The number of nitrogens with one attached hydrogen (secondary N) is 1. The van der Waals surface area contributed by atoms with Crippen LogP contribution in [0.4, 0.5) is 0 Å². The lowest BCUT2D eigenvalue weighted by Crippen LogP contribution is -2.12. The minimum Gasteiger partial charge on any atom is -0.313 e. The number of hydrogen-bond acceptors (Lipinski definition) is 3. The van der Waals surface area contributed by atoms with Crippen molar-refractivity contribution in [2.75, 3.05) is 6.54 Å². The lowest BCUT2D eigenvalue weighted by Gasteiger charge is -2.04. The molecule has 0 unspecified atom stereocenters. The van der Waals surface area contributed by atoms with Crippen LogP contribution in [0.15, 0.2) is 30.9 Å². The van der Waals surface area contributed by atoms with Crippen LogP contribution in [-0.2, 0) is 6.54 Å². The summed E-state index contributed by atoms with van der Waals surface area (Å²) in [5.41, 5.74) is 2.17. The van der Waals surface area contributed by atoms with Gasteiger partial charge >= 0.3 is 0 Å². The number of rotatable bonds is 4. The molecule has 0 bridgehead atoms. The number of nitrogens with zero attached hydrogens (tertiary/aromatic N) is 3. The van der Waals surface area contributed by atoms with Crippen LogP contribution in [0.3, 0.4) is 0 Å². The Labute approximate surface area is 108 Å². The zero-order chi connectivity index (χ0) is 11.4. The smallest absolute Gasteiger partial charge is 0.0832 e. The molecule has 0 radical (unpaired) electrons. The maximum absolute atomic E-state index is 4.26. The van der Waals surface area contributed by atoms with Crippen molar-refractivity contribution in [2.45, 2.75) is 13.5 Å². The molecule has 2 aromatic heterocycles. The minimum atomic E-state index is 0.843. The second-order valence-corrected chi connectivity index (χ2v) is 4.68. The van der Waals surface area contributed by atoms with E-state index < -0.39 is 0 Å². The molecule has 0 saturated heterocycles. The summed E-state index contributed by atoms with van der Waals surface area (Å²) in [4.78, 5) is 4.22. The number of pyridine rings is 1. The van der Waals surface area contributed by atoms with Gasteiger partial charge in [0.15, 0.2) is 0 Å². The first-order valence-electron chi connectivity index (χ1n) is 5.15. The van der Waals surface area contributed by atoms with Crippen molar-refractivity contribution in [3.05, 3.63) is 40.0 Å². The molecular weight excluding hydrogens is 315 g/mol. The molecular formula is C11H13IN4. The van der Waals surface area contributed by atoms with Crippen molar-refractivity contribution in [2.24, 2.45) is 0 Å². The van der Waals surface area contributed by atoms with Gasteiger partial charge in [0.1, 0.15) is 0 Å². The van der Waals surface area contributed by atoms with Crippen molar-refractivity contribution >= 4 is 22.6 Å². The van der Waals surface area contributed by atoms with Crippen LogP contribution < -0.4 is 5.32 Å². The molecule has 0 aliphatic heterocycles. The van der Waals surface area contributed by atoms with Gasteiger partial charge in [-0.3, -0.25) is 4.98 Å². The summed E-state index contributed by atoms with van der Waals surface area (Å²) in [6.07, 6.45) is 7.51. The Morgan fingerprint density at radius 3 is 2.94 bits per heavy atom. The van der Waals surface area contributed by atoms with Gasteiger partial charge in [-0.25, -0.2) is 4.68 Å². The standard InChI is InChI=1S/C11H13IN4/c1-2-13-4-9-3-11(7-14-5-9)16-8-10(12)6-15-16/h3,5-8,13H,2,4H2,1H3. The van der Waals surface area contributed by atoms with E-state index in [1.165, 1.54) is 5.56 Å². The Kier molecular flexibility index (Phi) is 3.89. The molecule has 84 valence electrons. The predicted molar refractivity (Wildman–Crippen MR) is 71.5 cm³/mol. The monoisotopic (exact) mass is 328 g/mol. The summed E-state index contributed by atoms with van der Waals surface area (Å²) in [7, 11) is 0. The Bertz CT molecular complexity index is 467. The van der Waals surface area contributed by atoms with Gasteiger partial charge < -0.3 is 5.32 Å². The van der Waals surface area contributed by atoms with Gasteiger partial charge in [-0.05, 0) is 40.8 Å². The Morgan fingerprint density at radius 1 is 1.38 bits per heavy atom. The molecule has 5 heteroatoms. The van der Waals surface area contributed by atoms with E-state index in [1.807, 2.05) is 29.5 Å². The molecule has 2 rings (SSSR count). The molecule has 1 N–H and O–H groups in total. The number of hydrogen-bond donors (Lipinski definition) is 1. The molecule has 16 heavy (non-hydrogen) atoms. The topological polar surface area (TPSA) is 42.7 Å². The zero-order valence-corrected chi connectivity index (χ0v) is 11.2. The predicted octanol–water partition coefficient (Wildman–Crippen LogP) is 1.98. The van der Waals surface area contributed by atoms with Crippen molar-refractivity contribution in [3.8, 4) is 5.69 Å². The van der Waals surface area contributed by atoms with Gasteiger partial charge in [0, 0.05) is 18.9 Å². The third kappa shape index (κ3) is 2.79. The molecule has 4 nitrogen and oxygen atoms in total. The van der Waals surface area contributed by atoms with E-state index >= 15 is 0 Å². The molecule has 0 aliphatic rings. The van der Waals surface area contributed by atoms with Crippen molar-refractivity contribution in [1.29, 1.82) is 0 Å². The van der Waals surface area contributed by atoms with Gasteiger partial charge in [-0.15, -0.1) is 0 Å². The number of aromatic nitrogens is 3. The second kappa shape index (κ2) is 5.40. The average Bonchev–Trinajstić information content (AvgIpc) is 2.74. The molecule has 0 spiro atoms. The Balaban J connectivity index is 2.22. The van der Waals surface area contributed by atoms with Crippen LogP contribution in [0.2, 0.25) is 0 Å². The summed E-state index contributed by atoms with van der Waals surface area (Å²) in [5.74, 6) is 0. The van der Waals surface area contributed by atoms with E-state index in [9.17, 15) is 0 Å². The summed E-state index contributed by atoms with van der Waals surface area (Å²) in [5, 5.41) is 7.53. The highest BCUT2D eigenvalue weighted by Crippen LogP contribution is 2.10. The molecule has 0 aliphatic carbocycles. The quantitative estimate of drug-likeness (QED) is 0.873. The summed E-state index contributed by atoms with van der Waals surface area (Å²) in [6, 6.07) is 2.10. The maximum Gasteiger partial charge on any atom is 0.0832 e. The molecule has 0 aromatic carbocycles. The van der Waals surface area contributed by atoms with Crippen LogP contribution >= 0.6 is 22.6 Å². The normalized spacial score (nSPS) is 10.6. The van der Waals surface area contributed by atoms with Gasteiger partial charge in [-0.2, -0.15) is 5.10 Å². The molecule has 0 fully saturated rings. The van der Waals surface area contributed by atoms with Crippen LogP contribution in [0.5, 0.6) is 0 Å². The second-order valence-electron chi connectivity index (χ2n) is 3.43. The van der Waals surface area contributed by atoms with E-state index in [0.717, 1.165) is 22.3 Å². The van der Waals surface area contributed by atoms with Gasteiger partial charge in [0.2, 0.25) is 0 Å². The highest BCUT2D eigenvalue weighted by molar-refractivity contribution is 14.1. The van der Waals surface area contributed by atoms with Gasteiger partial charge in [0.05, 0.1) is 21.7 Å². The van der Waals surface area contributed by atoms with Crippen LogP contribution in [-0.4, -0.2) is 21.3 Å². The highest BCUT2D eigenvalue weighted by Gasteiger charge is 2.00. The van der Waals surface area contributed by atoms with Crippen LogP contribution in [0, 0.1) is 3.57 Å². The molecule has 2 heterocycles. The van der Waals surface area contributed by atoms with E-state index in [0.29, 0.717) is 0 Å². The SMILES string of the molecule is CCNCc1cncc(-n2cc(I)cn2)c1.